The van der Waals surface area contributed by atoms with E-state index in [1.54, 1.807) is 0 Å². The highest BCUT2D eigenvalue weighted by atomic mass is 16.5. The van der Waals surface area contributed by atoms with Gasteiger partial charge < -0.3 is 15.2 Å². The van der Waals surface area contributed by atoms with Crippen LogP contribution in [0.4, 0.5) is 5.69 Å². The third-order valence-corrected chi connectivity index (χ3v) is 3.05. The summed E-state index contributed by atoms with van der Waals surface area (Å²) in [6, 6.07) is 16.2. The van der Waals surface area contributed by atoms with Crippen LogP contribution in [0.2, 0.25) is 0 Å². The van der Waals surface area contributed by atoms with Crippen molar-refractivity contribution in [3.63, 3.8) is 0 Å². The number of aliphatic carboxylic acids is 1. The number of carboxylic acids is 1. The second-order valence-electron chi connectivity index (χ2n) is 4.76. The molecule has 0 saturated carbocycles. The predicted molar refractivity (Wildman–Crippen MR) is 82.9 cm³/mol. The summed E-state index contributed by atoms with van der Waals surface area (Å²) in [6.07, 6.45) is 1.41. The summed E-state index contributed by atoms with van der Waals surface area (Å²) >= 11 is 0. The van der Waals surface area contributed by atoms with Gasteiger partial charge in [-0.15, -0.1) is 0 Å². The summed E-state index contributed by atoms with van der Waals surface area (Å²) in [7, 11) is 0. The number of hydrogen-bond donors (Lipinski definition) is 2. The molecule has 0 radical (unpaired) electrons. The van der Waals surface area contributed by atoms with E-state index >= 15 is 0 Å². The van der Waals surface area contributed by atoms with E-state index in [2.05, 4.69) is 5.32 Å². The van der Waals surface area contributed by atoms with Gasteiger partial charge in [-0.05, 0) is 42.8 Å². The van der Waals surface area contributed by atoms with Gasteiger partial charge in [0.1, 0.15) is 17.5 Å². The van der Waals surface area contributed by atoms with Crippen LogP contribution >= 0.6 is 0 Å². The van der Waals surface area contributed by atoms with Gasteiger partial charge in [-0.3, -0.25) is 0 Å². The first-order valence-corrected chi connectivity index (χ1v) is 7.01. The van der Waals surface area contributed by atoms with Crippen LogP contribution in [0.1, 0.15) is 19.8 Å². The number of anilines is 1. The Bertz CT molecular complexity index is 566. The minimum Gasteiger partial charge on any atom is -0.480 e. The van der Waals surface area contributed by atoms with Crippen molar-refractivity contribution in [2.75, 3.05) is 5.32 Å². The molecule has 2 aromatic rings. The fourth-order valence-electron chi connectivity index (χ4n) is 1.99. The van der Waals surface area contributed by atoms with E-state index in [0.29, 0.717) is 12.2 Å². The van der Waals surface area contributed by atoms with Crippen molar-refractivity contribution >= 4 is 11.7 Å². The number of rotatable bonds is 7. The Morgan fingerprint density at radius 2 is 1.71 bits per heavy atom. The van der Waals surface area contributed by atoms with Gasteiger partial charge in [0.2, 0.25) is 0 Å². The third-order valence-electron chi connectivity index (χ3n) is 3.05. The average molecular weight is 285 g/mol. The van der Waals surface area contributed by atoms with Crippen LogP contribution < -0.4 is 10.1 Å². The fourth-order valence-corrected chi connectivity index (χ4v) is 1.99. The second kappa shape index (κ2) is 7.33. The lowest BCUT2D eigenvalue weighted by molar-refractivity contribution is -0.138. The molecule has 4 heteroatoms. The standard InChI is InChI=1S/C17H19NO3/c1-2-6-16(17(19)20)18-13-9-11-15(12-10-13)21-14-7-4-3-5-8-14/h3-5,7-12,16,18H,2,6H2,1H3,(H,19,20). The molecule has 2 N–H and O–H groups in total. The van der Waals surface area contributed by atoms with Crippen molar-refractivity contribution in [2.24, 2.45) is 0 Å². The molecule has 0 aliphatic carbocycles. The molecule has 0 heterocycles. The molecule has 0 amide bonds. The van der Waals surface area contributed by atoms with Gasteiger partial charge in [-0.25, -0.2) is 4.79 Å². The van der Waals surface area contributed by atoms with E-state index in [-0.39, 0.29) is 0 Å². The van der Waals surface area contributed by atoms with Crippen LogP contribution in [0.5, 0.6) is 11.5 Å². The highest BCUT2D eigenvalue weighted by molar-refractivity contribution is 5.77. The number of benzene rings is 2. The molecule has 2 rings (SSSR count). The Labute approximate surface area is 124 Å². The quantitative estimate of drug-likeness (QED) is 0.802. The normalized spacial score (nSPS) is 11.7. The summed E-state index contributed by atoms with van der Waals surface area (Å²) in [5, 5.41) is 12.1. The molecule has 0 aromatic heterocycles. The molecule has 0 bridgehead atoms. The number of ether oxygens (including phenoxy) is 1. The largest absolute Gasteiger partial charge is 0.480 e. The molecule has 0 aliphatic heterocycles. The van der Waals surface area contributed by atoms with Crippen LogP contribution in [0.25, 0.3) is 0 Å². The van der Waals surface area contributed by atoms with Crippen molar-refractivity contribution in [2.45, 2.75) is 25.8 Å². The van der Waals surface area contributed by atoms with Crippen LogP contribution in [0, 0.1) is 0 Å². The zero-order valence-electron chi connectivity index (χ0n) is 12.0. The van der Waals surface area contributed by atoms with Crippen molar-refractivity contribution in [3.8, 4) is 11.5 Å². The minimum absolute atomic E-state index is 0.559. The first-order valence-electron chi connectivity index (χ1n) is 7.01. The van der Waals surface area contributed by atoms with Gasteiger partial charge in [0.15, 0.2) is 0 Å². The lowest BCUT2D eigenvalue weighted by Gasteiger charge is -2.15. The summed E-state index contributed by atoms with van der Waals surface area (Å²) in [5.41, 5.74) is 0.774. The summed E-state index contributed by atoms with van der Waals surface area (Å²) in [5.74, 6) is 0.656. The van der Waals surface area contributed by atoms with Crippen molar-refractivity contribution < 1.29 is 14.6 Å². The molecular formula is C17H19NO3. The second-order valence-corrected chi connectivity index (χ2v) is 4.76. The fraction of sp³-hybridized carbons (Fsp3) is 0.235. The van der Waals surface area contributed by atoms with Crippen LogP contribution in [-0.2, 0) is 4.79 Å². The van der Waals surface area contributed by atoms with Crippen molar-refractivity contribution in [1.82, 2.24) is 0 Å². The average Bonchev–Trinajstić information content (AvgIpc) is 2.49. The lowest BCUT2D eigenvalue weighted by atomic mass is 10.1. The van der Waals surface area contributed by atoms with Crippen LogP contribution in [-0.4, -0.2) is 17.1 Å². The van der Waals surface area contributed by atoms with Crippen LogP contribution in [0.15, 0.2) is 54.6 Å². The van der Waals surface area contributed by atoms with Gasteiger partial charge in [0.05, 0.1) is 0 Å². The van der Waals surface area contributed by atoms with Crippen molar-refractivity contribution in [1.29, 1.82) is 0 Å². The summed E-state index contributed by atoms with van der Waals surface area (Å²) in [6.45, 7) is 1.97. The van der Waals surface area contributed by atoms with E-state index in [1.165, 1.54) is 0 Å². The highest BCUT2D eigenvalue weighted by Gasteiger charge is 2.15. The first kappa shape index (κ1) is 14.9. The highest BCUT2D eigenvalue weighted by Crippen LogP contribution is 2.23. The number of para-hydroxylation sites is 1. The zero-order valence-corrected chi connectivity index (χ0v) is 12.0. The lowest BCUT2D eigenvalue weighted by Crippen LogP contribution is -2.28. The van der Waals surface area contributed by atoms with Crippen molar-refractivity contribution in [3.05, 3.63) is 54.6 Å². The topological polar surface area (TPSA) is 58.6 Å². The summed E-state index contributed by atoms with van der Waals surface area (Å²) in [4.78, 5) is 11.1. The molecule has 0 fully saturated rings. The molecule has 21 heavy (non-hydrogen) atoms. The van der Waals surface area contributed by atoms with E-state index < -0.39 is 12.0 Å². The minimum atomic E-state index is -0.832. The van der Waals surface area contributed by atoms with Gasteiger partial charge in [-0.1, -0.05) is 31.5 Å². The van der Waals surface area contributed by atoms with Crippen LogP contribution in [0.3, 0.4) is 0 Å². The van der Waals surface area contributed by atoms with E-state index in [9.17, 15) is 4.79 Å². The van der Waals surface area contributed by atoms with E-state index in [0.717, 1.165) is 17.9 Å². The van der Waals surface area contributed by atoms with E-state index in [4.69, 9.17) is 9.84 Å². The maximum Gasteiger partial charge on any atom is 0.326 e. The molecule has 0 aliphatic rings. The van der Waals surface area contributed by atoms with Gasteiger partial charge in [-0.2, -0.15) is 0 Å². The third kappa shape index (κ3) is 4.53. The molecule has 110 valence electrons. The summed E-state index contributed by atoms with van der Waals surface area (Å²) < 4.78 is 5.69. The Balaban J connectivity index is 2.00. The monoisotopic (exact) mass is 285 g/mol. The maximum absolute atomic E-state index is 11.1. The molecule has 1 atom stereocenters. The molecule has 0 spiro atoms. The number of nitrogens with one attached hydrogen (secondary N) is 1. The Morgan fingerprint density at radius 3 is 2.29 bits per heavy atom. The predicted octanol–water partition coefficient (Wildman–Crippen LogP) is 4.14. The molecule has 4 nitrogen and oxygen atoms in total. The van der Waals surface area contributed by atoms with Gasteiger partial charge >= 0.3 is 5.97 Å². The number of hydrogen-bond acceptors (Lipinski definition) is 3. The smallest absolute Gasteiger partial charge is 0.326 e. The Kier molecular flexibility index (Phi) is 5.21. The Hall–Kier alpha value is -2.49. The zero-order chi connectivity index (χ0) is 15.1. The number of carbonyl (C=O) groups is 1. The van der Waals surface area contributed by atoms with Gasteiger partial charge in [0.25, 0.3) is 0 Å². The Morgan fingerprint density at radius 1 is 1.10 bits per heavy atom. The molecule has 0 saturated heterocycles. The molecular weight excluding hydrogens is 266 g/mol. The van der Waals surface area contributed by atoms with Gasteiger partial charge in [0, 0.05) is 5.69 Å². The molecule has 2 aromatic carbocycles. The first-order chi connectivity index (χ1) is 10.2. The van der Waals surface area contributed by atoms with E-state index in [1.807, 2.05) is 61.5 Å². The number of carboxylic acid groups (broad SMARTS) is 1. The SMILES string of the molecule is CCCC(Nc1ccc(Oc2ccccc2)cc1)C(=O)O. The molecule has 1 unspecified atom stereocenters. The maximum atomic E-state index is 11.1.